The number of nitrogens with zero attached hydrogens (tertiary/aromatic N) is 1. The molecule has 2 rings (SSSR count). The maximum absolute atomic E-state index is 12.7. The van der Waals surface area contributed by atoms with E-state index in [9.17, 15) is 19.5 Å². The fourth-order valence-corrected chi connectivity index (χ4v) is 3.45. The molecule has 0 spiro atoms. The zero-order valence-electron chi connectivity index (χ0n) is 15.2. The van der Waals surface area contributed by atoms with Gasteiger partial charge in [-0.15, -0.1) is 0 Å². The first kappa shape index (κ1) is 20.5. The predicted octanol–water partition coefficient (Wildman–Crippen LogP) is 1.58. The van der Waals surface area contributed by atoms with Gasteiger partial charge in [-0.1, -0.05) is 31.4 Å². The van der Waals surface area contributed by atoms with Crippen molar-refractivity contribution in [3.8, 4) is 0 Å². The van der Waals surface area contributed by atoms with Gasteiger partial charge in [-0.3, -0.25) is 19.4 Å². The third kappa shape index (κ3) is 4.49. The van der Waals surface area contributed by atoms with Crippen LogP contribution in [0.5, 0.6) is 0 Å². The number of rotatable bonds is 7. The van der Waals surface area contributed by atoms with Gasteiger partial charge in [-0.05, 0) is 18.6 Å². The van der Waals surface area contributed by atoms with E-state index in [1.165, 1.54) is 31.5 Å². The van der Waals surface area contributed by atoms with Crippen LogP contribution in [0.4, 0.5) is 0 Å². The number of carbonyl (C=O) groups is 3. The van der Waals surface area contributed by atoms with Crippen molar-refractivity contribution in [3.63, 3.8) is 0 Å². The lowest BCUT2D eigenvalue weighted by Gasteiger charge is -2.43. The average Bonchev–Trinajstić information content (AvgIpc) is 2.63. The summed E-state index contributed by atoms with van der Waals surface area (Å²) in [5.41, 5.74) is -1.22. The first-order chi connectivity index (χ1) is 12.8. The number of hydrogen-bond donors (Lipinski definition) is 1. The summed E-state index contributed by atoms with van der Waals surface area (Å²) in [6.45, 7) is 8.24. The van der Waals surface area contributed by atoms with E-state index in [-0.39, 0.29) is 19.6 Å². The van der Waals surface area contributed by atoms with E-state index in [2.05, 4.69) is 18.1 Å². The Labute approximate surface area is 157 Å². The molecule has 0 radical (unpaired) electrons. The van der Waals surface area contributed by atoms with Gasteiger partial charge in [0.25, 0.3) is 0 Å². The SMILES string of the molecule is C=CCOC(=O)[C@@H]1C(=O)C[C@](C)(O)[C@H](C(=O)OCC=C)[C@H]1c1cccnc1. The van der Waals surface area contributed by atoms with Gasteiger partial charge in [0.1, 0.15) is 19.1 Å². The molecule has 1 saturated carbocycles. The highest BCUT2D eigenvalue weighted by Gasteiger charge is 2.57. The van der Waals surface area contributed by atoms with Gasteiger partial charge in [-0.25, -0.2) is 0 Å². The minimum absolute atomic E-state index is 0.0509. The number of aromatic nitrogens is 1. The van der Waals surface area contributed by atoms with Crippen molar-refractivity contribution in [2.24, 2.45) is 11.8 Å². The van der Waals surface area contributed by atoms with Crippen molar-refractivity contribution in [2.75, 3.05) is 13.2 Å². The van der Waals surface area contributed by atoms with Crippen molar-refractivity contribution in [3.05, 3.63) is 55.4 Å². The summed E-state index contributed by atoms with van der Waals surface area (Å²) in [5.74, 6) is -5.37. The molecule has 1 heterocycles. The van der Waals surface area contributed by atoms with E-state index in [0.29, 0.717) is 5.56 Å². The number of carbonyl (C=O) groups excluding carboxylic acids is 3. The zero-order valence-corrected chi connectivity index (χ0v) is 15.2. The average molecular weight is 373 g/mol. The number of pyridine rings is 1. The Morgan fingerprint density at radius 2 is 1.93 bits per heavy atom. The molecule has 0 aliphatic heterocycles. The first-order valence-electron chi connectivity index (χ1n) is 8.53. The molecular formula is C20H23NO6. The Morgan fingerprint density at radius 1 is 1.30 bits per heavy atom. The maximum atomic E-state index is 12.7. The van der Waals surface area contributed by atoms with Crippen molar-refractivity contribution in [1.82, 2.24) is 4.98 Å². The minimum Gasteiger partial charge on any atom is -0.461 e. The number of aliphatic hydroxyl groups is 1. The quantitative estimate of drug-likeness (QED) is 0.440. The number of esters is 2. The highest BCUT2D eigenvalue weighted by Crippen LogP contribution is 2.46. The molecule has 0 aromatic carbocycles. The fraction of sp³-hybridized carbons (Fsp3) is 0.400. The van der Waals surface area contributed by atoms with Crippen LogP contribution in [0.3, 0.4) is 0 Å². The van der Waals surface area contributed by atoms with Crippen molar-refractivity contribution >= 4 is 17.7 Å². The van der Waals surface area contributed by atoms with E-state index in [1.54, 1.807) is 12.1 Å². The number of ketones is 1. The van der Waals surface area contributed by atoms with Crippen LogP contribution in [0.15, 0.2) is 49.8 Å². The molecule has 1 aliphatic rings. The van der Waals surface area contributed by atoms with E-state index < -0.39 is 41.1 Å². The molecule has 0 unspecified atom stereocenters. The smallest absolute Gasteiger partial charge is 0.317 e. The Hall–Kier alpha value is -2.80. The number of hydrogen-bond acceptors (Lipinski definition) is 7. The summed E-state index contributed by atoms with van der Waals surface area (Å²) in [4.78, 5) is 42.0. The summed E-state index contributed by atoms with van der Waals surface area (Å²) in [5, 5.41) is 10.8. The Bertz CT molecular complexity index is 727. The van der Waals surface area contributed by atoms with Crippen LogP contribution in [-0.4, -0.2) is 46.6 Å². The van der Waals surface area contributed by atoms with Gasteiger partial charge in [0, 0.05) is 24.7 Å². The van der Waals surface area contributed by atoms with Crippen LogP contribution < -0.4 is 0 Å². The van der Waals surface area contributed by atoms with Crippen LogP contribution in [0, 0.1) is 11.8 Å². The molecule has 1 fully saturated rings. The normalized spacial score (nSPS) is 27.5. The molecule has 4 atom stereocenters. The van der Waals surface area contributed by atoms with Crippen molar-refractivity contribution in [2.45, 2.75) is 24.9 Å². The molecule has 1 aliphatic carbocycles. The molecule has 1 aromatic rings. The number of Topliss-reactive ketones (excluding diaryl/α,β-unsaturated/α-hetero) is 1. The van der Waals surface area contributed by atoms with Crippen LogP contribution in [0.1, 0.15) is 24.8 Å². The summed E-state index contributed by atoms with van der Waals surface area (Å²) >= 11 is 0. The second kappa shape index (κ2) is 8.73. The summed E-state index contributed by atoms with van der Waals surface area (Å²) in [6.07, 6.45) is 5.40. The van der Waals surface area contributed by atoms with E-state index in [1.807, 2.05) is 0 Å². The summed E-state index contributed by atoms with van der Waals surface area (Å²) < 4.78 is 10.2. The van der Waals surface area contributed by atoms with Crippen LogP contribution in [0.25, 0.3) is 0 Å². The lowest BCUT2D eigenvalue weighted by molar-refractivity contribution is -0.172. The van der Waals surface area contributed by atoms with E-state index >= 15 is 0 Å². The molecule has 0 saturated heterocycles. The zero-order chi connectivity index (χ0) is 20.0. The van der Waals surface area contributed by atoms with E-state index in [0.717, 1.165) is 0 Å². The Kier molecular flexibility index (Phi) is 6.63. The van der Waals surface area contributed by atoms with E-state index in [4.69, 9.17) is 9.47 Å². The summed E-state index contributed by atoms with van der Waals surface area (Å²) in [6, 6.07) is 3.27. The molecule has 0 amide bonds. The second-order valence-corrected chi connectivity index (χ2v) is 6.61. The van der Waals surface area contributed by atoms with Crippen LogP contribution >= 0.6 is 0 Å². The molecule has 0 bridgehead atoms. The molecular weight excluding hydrogens is 350 g/mol. The standard InChI is InChI=1S/C20H23NO6/c1-4-9-26-18(23)16-14(22)11-20(3,25)17(19(24)27-10-5-2)15(16)13-7-6-8-21-12-13/h4-8,12,15-17,25H,1-2,9-11H2,3H3/t15-,16+,17-,20-/m0/s1. The minimum atomic E-state index is -1.69. The highest BCUT2D eigenvalue weighted by atomic mass is 16.5. The topological polar surface area (TPSA) is 103 Å². The molecule has 1 aromatic heterocycles. The third-order valence-electron chi connectivity index (χ3n) is 4.53. The molecule has 27 heavy (non-hydrogen) atoms. The fourth-order valence-electron chi connectivity index (χ4n) is 3.45. The second-order valence-electron chi connectivity index (χ2n) is 6.61. The van der Waals surface area contributed by atoms with Gasteiger partial charge in [-0.2, -0.15) is 0 Å². The third-order valence-corrected chi connectivity index (χ3v) is 4.53. The lowest BCUT2D eigenvalue weighted by atomic mass is 9.62. The maximum Gasteiger partial charge on any atom is 0.317 e. The molecule has 144 valence electrons. The first-order valence-corrected chi connectivity index (χ1v) is 8.53. The number of ether oxygens (including phenoxy) is 2. The van der Waals surface area contributed by atoms with Crippen molar-refractivity contribution in [1.29, 1.82) is 0 Å². The van der Waals surface area contributed by atoms with Crippen LogP contribution in [-0.2, 0) is 23.9 Å². The largest absolute Gasteiger partial charge is 0.461 e. The van der Waals surface area contributed by atoms with Crippen molar-refractivity contribution < 1.29 is 29.0 Å². The Morgan fingerprint density at radius 3 is 2.48 bits per heavy atom. The highest BCUT2D eigenvalue weighted by molar-refractivity contribution is 6.02. The van der Waals surface area contributed by atoms with Crippen LogP contribution in [0.2, 0.25) is 0 Å². The van der Waals surface area contributed by atoms with Gasteiger partial charge >= 0.3 is 11.9 Å². The Balaban J connectivity index is 2.53. The summed E-state index contributed by atoms with van der Waals surface area (Å²) in [7, 11) is 0. The monoisotopic (exact) mass is 373 g/mol. The predicted molar refractivity (Wildman–Crippen MR) is 96.5 cm³/mol. The van der Waals surface area contributed by atoms with Gasteiger partial charge in [0.2, 0.25) is 0 Å². The van der Waals surface area contributed by atoms with Gasteiger partial charge in [0.05, 0.1) is 11.5 Å². The lowest BCUT2D eigenvalue weighted by Crippen LogP contribution is -2.55. The molecule has 7 heteroatoms. The molecule has 7 nitrogen and oxygen atoms in total. The van der Waals surface area contributed by atoms with Gasteiger partial charge < -0.3 is 14.6 Å². The molecule has 1 N–H and O–H groups in total. The van der Waals surface area contributed by atoms with Gasteiger partial charge in [0.15, 0.2) is 5.78 Å².